The van der Waals surface area contributed by atoms with Gasteiger partial charge in [0.15, 0.2) is 5.82 Å². The van der Waals surface area contributed by atoms with Crippen LogP contribution >= 0.6 is 11.6 Å². The highest BCUT2D eigenvalue weighted by Gasteiger charge is 2.08. The fraction of sp³-hybridized carbons (Fsp3) is 0.167. The molecular formula is C12H12ClN3O2. The molecule has 5 nitrogen and oxygen atoms in total. The van der Waals surface area contributed by atoms with Gasteiger partial charge < -0.3 is 15.0 Å². The Hall–Kier alpha value is -2.01. The number of halogens is 1. The zero-order valence-electron chi connectivity index (χ0n) is 9.74. The maximum atomic E-state index is 11.5. The Morgan fingerprint density at radius 3 is 2.94 bits per heavy atom. The molecule has 0 radical (unpaired) electrons. The number of hydrogen-bond donors (Lipinski definition) is 2. The Morgan fingerprint density at radius 2 is 2.22 bits per heavy atom. The fourth-order valence-corrected chi connectivity index (χ4v) is 1.73. The van der Waals surface area contributed by atoms with Crippen LogP contribution in [-0.2, 0) is 6.54 Å². The first-order valence-corrected chi connectivity index (χ1v) is 5.69. The molecule has 0 spiro atoms. The minimum Gasteiger partial charge on any atom is -0.489 e. The topological polar surface area (TPSA) is 67.0 Å². The summed E-state index contributed by atoms with van der Waals surface area (Å²) in [7, 11) is 1.42. The second-order valence-electron chi connectivity index (χ2n) is 3.56. The van der Waals surface area contributed by atoms with Crippen molar-refractivity contribution in [2.45, 2.75) is 6.54 Å². The Balaban J connectivity index is 2.19. The summed E-state index contributed by atoms with van der Waals surface area (Å²) in [5.41, 5.74) is 0.595. The quantitative estimate of drug-likeness (QED) is 0.888. The number of anilines is 1. The first-order chi connectivity index (χ1) is 8.72. The first-order valence-electron chi connectivity index (χ1n) is 5.31. The van der Waals surface area contributed by atoms with E-state index in [1.54, 1.807) is 6.07 Å². The maximum Gasteiger partial charge on any atom is 0.295 e. The Kier molecular flexibility index (Phi) is 3.84. The molecule has 1 aromatic carbocycles. The molecule has 1 aromatic heterocycles. The number of aromatic amines is 1. The third-order valence-electron chi connectivity index (χ3n) is 2.42. The van der Waals surface area contributed by atoms with E-state index in [1.807, 2.05) is 18.2 Å². The maximum absolute atomic E-state index is 11.5. The molecule has 0 aliphatic carbocycles. The summed E-state index contributed by atoms with van der Waals surface area (Å²) >= 11 is 6.04. The molecule has 0 aliphatic heterocycles. The molecule has 0 saturated heterocycles. The summed E-state index contributed by atoms with van der Waals surface area (Å²) < 4.78 is 4.99. The van der Waals surface area contributed by atoms with Crippen LogP contribution in [0.15, 0.2) is 35.4 Å². The van der Waals surface area contributed by atoms with Gasteiger partial charge in [-0.3, -0.25) is 4.79 Å². The number of nitrogens with one attached hydrogen (secondary N) is 2. The standard InChI is InChI=1S/C12H12ClN3O2/c1-18-10-11(15-7-16-12(10)17)14-6-8-4-2-3-5-9(8)13/h2-5,7H,6H2,1H3,(H2,14,15,16,17). The molecule has 94 valence electrons. The van der Waals surface area contributed by atoms with E-state index in [-0.39, 0.29) is 11.3 Å². The van der Waals surface area contributed by atoms with Crippen molar-refractivity contribution >= 4 is 17.4 Å². The minimum atomic E-state index is -0.325. The second kappa shape index (κ2) is 5.55. The number of benzene rings is 1. The molecular weight excluding hydrogens is 254 g/mol. The molecule has 6 heteroatoms. The predicted octanol–water partition coefficient (Wildman–Crippen LogP) is 2.04. The monoisotopic (exact) mass is 265 g/mol. The number of H-pyrrole nitrogens is 1. The number of ether oxygens (including phenoxy) is 1. The molecule has 2 aromatic rings. The smallest absolute Gasteiger partial charge is 0.295 e. The van der Waals surface area contributed by atoms with Gasteiger partial charge in [0.2, 0.25) is 5.75 Å². The zero-order chi connectivity index (χ0) is 13.0. The van der Waals surface area contributed by atoms with Gasteiger partial charge in [-0.1, -0.05) is 29.8 Å². The summed E-state index contributed by atoms with van der Waals surface area (Å²) in [6, 6.07) is 7.46. The molecule has 0 unspecified atom stereocenters. The highest BCUT2D eigenvalue weighted by atomic mass is 35.5. The Labute approximate surface area is 109 Å². The van der Waals surface area contributed by atoms with Crippen molar-refractivity contribution in [3.05, 3.63) is 51.5 Å². The first kappa shape index (κ1) is 12.4. The van der Waals surface area contributed by atoms with Gasteiger partial charge in [0.25, 0.3) is 5.56 Å². The molecule has 0 fully saturated rings. The van der Waals surface area contributed by atoms with Crippen molar-refractivity contribution in [1.29, 1.82) is 0 Å². The SMILES string of the molecule is COc1c(NCc2ccccc2Cl)nc[nH]c1=O. The van der Waals surface area contributed by atoms with Crippen LogP contribution in [0.3, 0.4) is 0 Å². The average Bonchev–Trinajstić information content (AvgIpc) is 2.38. The molecule has 0 amide bonds. The van der Waals surface area contributed by atoms with Crippen LogP contribution in [-0.4, -0.2) is 17.1 Å². The van der Waals surface area contributed by atoms with Crippen molar-refractivity contribution in [3.8, 4) is 5.75 Å². The van der Waals surface area contributed by atoms with Crippen molar-refractivity contribution in [3.63, 3.8) is 0 Å². The van der Waals surface area contributed by atoms with Gasteiger partial charge in [-0.25, -0.2) is 4.98 Å². The van der Waals surface area contributed by atoms with Crippen LogP contribution in [0.1, 0.15) is 5.56 Å². The van der Waals surface area contributed by atoms with Crippen molar-refractivity contribution < 1.29 is 4.74 Å². The van der Waals surface area contributed by atoms with E-state index >= 15 is 0 Å². The van der Waals surface area contributed by atoms with Crippen molar-refractivity contribution in [2.24, 2.45) is 0 Å². The molecule has 0 saturated carbocycles. The summed E-state index contributed by atoms with van der Waals surface area (Å²) in [6.45, 7) is 0.465. The number of rotatable bonds is 4. The highest BCUT2D eigenvalue weighted by Crippen LogP contribution is 2.19. The van der Waals surface area contributed by atoms with E-state index < -0.39 is 0 Å². The van der Waals surface area contributed by atoms with Gasteiger partial charge in [0.05, 0.1) is 13.4 Å². The van der Waals surface area contributed by atoms with Gasteiger partial charge in [-0.15, -0.1) is 0 Å². The molecule has 2 rings (SSSR count). The van der Waals surface area contributed by atoms with Gasteiger partial charge in [-0.05, 0) is 11.6 Å². The van der Waals surface area contributed by atoms with Crippen LogP contribution in [0.2, 0.25) is 5.02 Å². The fourth-order valence-electron chi connectivity index (χ4n) is 1.52. The molecule has 0 aliphatic rings. The van der Waals surface area contributed by atoms with Gasteiger partial charge in [-0.2, -0.15) is 0 Å². The third-order valence-corrected chi connectivity index (χ3v) is 2.79. The lowest BCUT2D eigenvalue weighted by atomic mass is 10.2. The van der Waals surface area contributed by atoms with Gasteiger partial charge in [0.1, 0.15) is 0 Å². The molecule has 0 atom stereocenters. The second-order valence-corrected chi connectivity index (χ2v) is 3.97. The van der Waals surface area contributed by atoms with E-state index in [4.69, 9.17) is 16.3 Å². The van der Waals surface area contributed by atoms with Crippen LogP contribution in [0.25, 0.3) is 0 Å². The lowest BCUT2D eigenvalue weighted by Gasteiger charge is -2.09. The number of nitrogens with zero attached hydrogens (tertiary/aromatic N) is 1. The summed E-state index contributed by atoms with van der Waals surface area (Å²) in [5.74, 6) is 0.547. The highest BCUT2D eigenvalue weighted by molar-refractivity contribution is 6.31. The summed E-state index contributed by atoms with van der Waals surface area (Å²) in [4.78, 5) is 17.9. The Bertz CT molecular complexity index is 598. The number of hydrogen-bond acceptors (Lipinski definition) is 4. The average molecular weight is 266 g/mol. The summed E-state index contributed by atoms with van der Waals surface area (Å²) in [5, 5.41) is 3.68. The molecule has 2 N–H and O–H groups in total. The van der Waals surface area contributed by atoms with E-state index in [2.05, 4.69) is 15.3 Å². The van der Waals surface area contributed by atoms with Crippen LogP contribution in [0.4, 0.5) is 5.82 Å². The van der Waals surface area contributed by atoms with Gasteiger partial charge >= 0.3 is 0 Å². The largest absolute Gasteiger partial charge is 0.489 e. The lowest BCUT2D eigenvalue weighted by Crippen LogP contribution is -2.14. The van der Waals surface area contributed by atoms with Crippen LogP contribution in [0, 0.1) is 0 Å². The van der Waals surface area contributed by atoms with Gasteiger partial charge in [0, 0.05) is 11.6 Å². The lowest BCUT2D eigenvalue weighted by molar-refractivity contribution is 0.408. The number of methoxy groups -OCH3 is 1. The van der Waals surface area contributed by atoms with E-state index in [1.165, 1.54) is 13.4 Å². The van der Waals surface area contributed by atoms with Crippen molar-refractivity contribution in [1.82, 2.24) is 9.97 Å². The van der Waals surface area contributed by atoms with E-state index in [9.17, 15) is 4.79 Å². The third kappa shape index (κ3) is 2.62. The zero-order valence-corrected chi connectivity index (χ0v) is 10.5. The Morgan fingerprint density at radius 1 is 1.44 bits per heavy atom. The molecule has 0 bridgehead atoms. The van der Waals surface area contributed by atoms with Crippen molar-refractivity contribution in [2.75, 3.05) is 12.4 Å². The normalized spacial score (nSPS) is 10.1. The minimum absolute atomic E-state index is 0.157. The van der Waals surface area contributed by atoms with E-state index in [0.717, 1.165) is 5.56 Å². The number of aromatic nitrogens is 2. The predicted molar refractivity (Wildman–Crippen MR) is 70.2 cm³/mol. The molecule has 18 heavy (non-hydrogen) atoms. The van der Waals surface area contributed by atoms with Crippen LogP contribution < -0.4 is 15.6 Å². The molecule has 1 heterocycles. The summed E-state index contributed by atoms with van der Waals surface area (Å²) in [6.07, 6.45) is 1.32. The van der Waals surface area contributed by atoms with E-state index in [0.29, 0.717) is 17.4 Å². The van der Waals surface area contributed by atoms with Crippen LogP contribution in [0.5, 0.6) is 5.75 Å².